The van der Waals surface area contributed by atoms with E-state index < -0.39 is 10.8 Å². The van der Waals surface area contributed by atoms with Gasteiger partial charge in [0.1, 0.15) is 0 Å². The normalized spacial score (nSPS) is 18.7. The molecular weight excluding hydrogens is 280 g/mol. The van der Waals surface area contributed by atoms with Crippen molar-refractivity contribution in [2.75, 3.05) is 25.4 Å². The van der Waals surface area contributed by atoms with Gasteiger partial charge in [0.15, 0.2) is 0 Å². The molecule has 1 saturated heterocycles. The van der Waals surface area contributed by atoms with E-state index in [0.717, 1.165) is 30.3 Å². The summed E-state index contributed by atoms with van der Waals surface area (Å²) in [5.41, 5.74) is 0. The highest BCUT2D eigenvalue weighted by atomic mass is 32.2. The van der Waals surface area contributed by atoms with Gasteiger partial charge in [-0.15, -0.1) is 0 Å². The molecule has 0 spiro atoms. The van der Waals surface area contributed by atoms with E-state index in [1.807, 2.05) is 30.3 Å². The molecule has 1 aromatic carbocycles. The molecule has 2 aromatic rings. The number of benzene rings is 1. The summed E-state index contributed by atoms with van der Waals surface area (Å²) in [4.78, 5) is 3.39. The third-order valence-electron chi connectivity index (χ3n) is 4.21. The molecule has 0 aliphatic carbocycles. The van der Waals surface area contributed by atoms with Crippen molar-refractivity contribution in [2.45, 2.75) is 23.8 Å². The van der Waals surface area contributed by atoms with Crippen molar-refractivity contribution in [2.24, 2.45) is 0 Å². The van der Waals surface area contributed by atoms with Crippen molar-refractivity contribution < 1.29 is 4.21 Å². The van der Waals surface area contributed by atoms with Crippen LogP contribution in [0.1, 0.15) is 18.9 Å². The van der Waals surface area contributed by atoms with Gasteiger partial charge in [0.2, 0.25) is 0 Å². The Balaban J connectivity index is 1.45. The largest absolute Gasteiger partial charge is 0.351 e. The van der Waals surface area contributed by atoms with Gasteiger partial charge in [-0.1, -0.05) is 18.2 Å². The van der Waals surface area contributed by atoms with Crippen LogP contribution >= 0.6 is 0 Å². The zero-order valence-electron chi connectivity index (χ0n) is 12.2. The van der Waals surface area contributed by atoms with Crippen molar-refractivity contribution in [3.8, 4) is 0 Å². The monoisotopic (exact) mass is 302 g/mol. The fraction of sp³-hybridized carbons (Fsp3) is 0.412. The maximum atomic E-state index is 12.2. The minimum atomic E-state index is -0.870. The molecule has 1 fully saturated rings. The quantitative estimate of drug-likeness (QED) is 0.848. The van der Waals surface area contributed by atoms with Crippen molar-refractivity contribution in [3.05, 3.63) is 54.9 Å². The predicted octanol–water partition coefficient (Wildman–Crippen LogP) is 2.93. The first kappa shape index (κ1) is 14.5. The van der Waals surface area contributed by atoms with Crippen molar-refractivity contribution in [1.82, 2.24) is 9.47 Å². The Morgan fingerprint density at radius 2 is 1.67 bits per heavy atom. The van der Waals surface area contributed by atoms with Gasteiger partial charge in [0.05, 0.1) is 10.8 Å². The Kier molecular flexibility index (Phi) is 4.88. The summed E-state index contributed by atoms with van der Waals surface area (Å²) >= 11 is 0. The molecule has 1 aliphatic rings. The Morgan fingerprint density at radius 1 is 1.00 bits per heavy atom. The van der Waals surface area contributed by atoms with E-state index >= 15 is 0 Å². The zero-order valence-corrected chi connectivity index (χ0v) is 13.0. The number of hydrogen-bond donors (Lipinski definition) is 0. The lowest BCUT2D eigenvalue weighted by Gasteiger charge is -2.32. The van der Waals surface area contributed by atoms with E-state index in [1.54, 1.807) is 0 Å². The highest BCUT2D eigenvalue weighted by molar-refractivity contribution is 7.85. The molecule has 21 heavy (non-hydrogen) atoms. The minimum absolute atomic E-state index is 0.635. The van der Waals surface area contributed by atoms with Crippen LogP contribution < -0.4 is 0 Å². The third-order valence-corrected chi connectivity index (χ3v) is 5.56. The molecule has 3 nitrogen and oxygen atoms in total. The summed E-state index contributed by atoms with van der Waals surface area (Å²) < 4.78 is 14.5. The first-order valence-corrected chi connectivity index (χ1v) is 8.93. The summed E-state index contributed by atoms with van der Waals surface area (Å²) in [6.07, 6.45) is 6.69. The minimum Gasteiger partial charge on any atom is -0.351 e. The molecule has 3 rings (SSSR count). The van der Waals surface area contributed by atoms with Crippen LogP contribution in [0.2, 0.25) is 0 Å². The Morgan fingerprint density at radius 3 is 2.33 bits per heavy atom. The Bertz CT molecular complexity index is 560. The van der Waals surface area contributed by atoms with Crippen LogP contribution in [-0.4, -0.2) is 39.1 Å². The van der Waals surface area contributed by atoms with Gasteiger partial charge in [-0.25, -0.2) is 0 Å². The second-order valence-corrected chi connectivity index (χ2v) is 7.14. The lowest BCUT2D eigenvalue weighted by atomic mass is 10.1. The van der Waals surface area contributed by atoms with Gasteiger partial charge in [-0.3, -0.25) is 4.21 Å². The van der Waals surface area contributed by atoms with Crippen LogP contribution in [0.15, 0.2) is 59.8 Å². The fourth-order valence-electron chi connectivity index (χ4n) is 2.93. The van der Waals surface area contributed by atoms with Gasteiger partial charge in [0, 0.05) is 48.7 Å². The molecule has 0 radical (unpaired) electrons. The average Bonchev–Trinajstić information content (AvgIpc) is 3.08. The third kappa shape index (κ3) is 3.83. The van der Waals surface area contributed by atoms with Gasteiger partial charge in [0.25, 0.3) is 0 Å². The smallest absolute Gasteiger partial charge is 0.0542 e. The van der Waals surface area contributed by atoms with Crippen LogP contribution in [-0.2, 0) is 10.8 Å². The van der Waals surface area contributed by atoms with Crippen molar-refractivity contribution >= 4 is 10.8 Å². The van der Waals surface area contributed by atoms with Gasteiger partial charge in [-0.05, 0) is 37.1 Å². The number of rotatable bonds is 5. The standard InChI is InChI=1S/C17H22N2OS/c20-21(17-6-2-1-3-7-17)15-14-18-12-8-16(9-13-18)19-10-4-5-11-19/h1-7,10-11,16H,8-9,12-15H2/t21-/m1/s1. The van der Waals surface area contributed by atoms with Crippen LogP contribution in [0.3, 0.4) is 0 Å². The van der Waals surface area contributed by atoms with E-state index in [9.17, 15) is 4.21 Å². The molecule has 0 bridgehead atoms. The average molecular weight is 302 g/mol. The van der Waals surface area contributed by atoms with Gasteiger partial charge < -0.3 is 9.47 Å². The Labute approximate surface area is 129 Å². The number of aromatic nitrogens is 1. The SMILES string of the molecule is O=[S@](CCN1CCC(n2cccc2)CC1)c1ccccc1. The lowest BCUT2D eigenvalue weighted by Crippen LogP contribution is -2.36. The van der Waals surface area contributed by atoms with Crippen LogP contribution in [0.4, 0.5) is 0 Å². The van der Waals surface area contributed by atoms with Gasteiger partial charge in [-0.2, -0.15) is 0 Å². The summed E-state index contributed by atoms with van der Waals surface area (Å²) in [7, 11) is -0.870. The number of hydrogen-bond acceptors (Lipinski definition) is 2. The molecule has 0 saturated carbocycles. The van der Waals surface area contributed by atoms with E-state index in [4.69, 9.17) is 0 Å². The van der Waals surface area contributed by atoms with E-state index in [-0.39, 0.29) is 0 Å². The van der Waals surface area contributed by atoms with Crippen molar-refractivity contribution in [3.63, 3.8) is 0 Å². The topological polar surface area (TPSA) is 25.2 Å². The van der Waals surface area contributed by atoms with Crippen molar-refractivity contribution in [1.29, 1.82) is 0 Å². The first-order valence-electron chi connectivity index (χ1n) is 7.61. The molecule has 1 aliphatic heterocycles. The highest BCUT2D eigenvalue weighted by Crippen LogP contribution is 2.22. The second-order valence-electron chi connectivity index (χ2n) is 5.57. The molecule has 112 valence electrons. The fourth-order valence-corrected chi connectivity index (χ4v) is 4.05. The molecule has 1 aromatic heterocycles. The maximum absolute atomic E-state index is 12.2. The van der Waals surface area contributed by atoms with Gasteiger partial charge >= 0.3 is 0 Å². The highest BCUT2D eigenvalue weighted by Gasteiger charge is 2.20. The first-order chi connectivity index (χ1) is 10.3. The van der Waals surface area contributed by atoms with Crippen LogP contribution in [0, 0.1) is 0 Å². The van der Waals surface area contributed by atoms with E-state index in [0.29, 0.717) is 6.04 Å². The second kappa shape index (κ2) is 7.05. The number of piperidine rings is 1. The molecule has 2 heterocycles. The molecule has 1 atom stereocenters. The predicted molar refractivity (Wildman–Crippen MR) is 86.9 cm³/mol. The Hall–Kier alpha value is -1.39. The van der Waals surface area contributed by atoms with E-state index in [1.165, 1.54) is 12.8 Å². The maximum Gasteiger partial charge on any atom is 0.0542 e. The lowest BCUT2D eigenvalue weighted by molar-refractivity contribution is 0.196. The summed E-state index contributed by atoms with van der Waals surface area (Å²) in [6.45, 7) is 3.14. The number of nitrogens with zero attached hydrogens (tertiary/aromatic N) is 2. The summed E-state index contributed by atoms with van der Waals surface area (Å²) in [6, 6.07) is 14.6. The van der Waals surface area contributed by atoms with Crippen LogP contribution in [0.25, 0.3) is 0 Å². The molecular formula is C17H22N2OS. The summed E-state index contributed by atoms with van der Waals surface area (Å²) in [5.74, 6) is 0.734. The zero-order chi connectivity index (χ0) is 14.5. The molecule has 0 N–H and O–H groups in total. The number of likely N-dealkylation sites (tertiary alicyclic amines) is 1. The van der Waals surface area contributed by atoms with E-state index in [2.05, 4.69) is 34.0 Å². The van der Waals surface area contributed by atoms with Crippen LogP contribution in [0.5, 0.6) is 0 Å². The summed E-state index contributed by atoms with van der Waals surface area (Å²) in [5, 5.41) is 0. The molecule has 4 heteroatoms. The molecule has 0 amide bonds. The molecule has 0 unspecified atom stereocenters.